The van der Waals surface area contributed by atoms with Crippen molar-refractivity contribution in [3.8, 4) is 0 Å². The van der Waals surface area contributed by atoms with Crippen LogP contribution in [0.4, 0.5) is 0 Å². The van der Waals surface area contributed by atoms with Crippen molar-refractivity contribution < 1.29 is 19.5 Å². The molecule has 0 rings (SSSR count). The van der Waals surface area contributed by atoms with Gasteiger partial charge in [-0.15, -0.1) is 0 Å². The van der Waals surface area contributed by atoms with Crippen molar-refractivity contribution in [1.82, 2.24) is 10.2 Å². The average molecular weight is 259 g/mol. The van der Waals surface area contributed by atoms with E-state index in [0.29, 0.717) is 6.54 Å². The fourth-order valence-corrected chi connectivity index (χ4v) is 1.41. The number of primary amides is 1. The van der Waals surface area contributed by atoms with Gasteiger partial charge in [-0.2, -0.15) is 0 Å². The highest BCUT2D eigenvalue weighted by atomic mass is 16.4. The van der Waals surface area contributed by atoms with Gasteiger partial charge < -0.3 is 16.2 Å². The van der Waals surface area contributed by atoms with Gasteiger partial charge in [-0.05, 0) is 13.3 Å². The standard InChI is InChI=1S/C11H21N3O4/c1-3-4-5-13-11(18)8(2)14(6-9(12)15)7-10(16)17/h8H,3-7H2,1-2H3,(H2,12,15)(H,13,18)(H,16,17). The highest BCUT2D eigenvalue weighted by Gasteiger charge is 2.24. The van der Waals surface area contributed by atoms with Gasteiger partial charge >= 0.3 is 5.97 Å². The summed E-state index contributed by atoms with van der Waals surface area (Å²) in [6, 6.07) is -0.703. The summed E-state index contributed by atoms with van der Waals surface area (Å²) in [6.07, 6.45) is 1.81. The average Bonchev–Trinajstić information content (AvgIpc) is 2.26. The van der Waals surface area contributed by atoms with Crippen molar-refractivity contribution in [3.63, 3.8) is 0 Å². The second-order valence-electron chi connectivity index (χ2n) is 4.09. The van der Waals surface area contributed by atoms with Crippen molar-refractivity contribution in [1.29, 1.82) is 0 Å². The van der Waals surface area contributed by atoms with E-state index in [1.54, 1.807) is 6.92 Å². The molecule has 7 heteroatoms. The number of aliphatic carboxylic acids is 1. The van der Waals surface area contributed by atoms with E-state index >= 15 is 0 Å². The van der Waals surface area contributed by atoms with Crippen molar-refractivity contribution >= 4 is 17.8 Å². The van der Waals surface area contributed by atoms with E-state index in [0.717, 1.165) is 12.8 Å². The summed E-state index contributed by atoms with van der Waals surface area (Å²) in [5.41, 5.74) is 5.02. The summed E-state index contributed by atoms with van der Waals surface area (Å²) < 4.78 is 0. The van der Waals surface area contributed by atoms with Crippen molar-refractivity contribution in [2.45, 2.75) is 32.7 Å². The zero-order valence-corrected chi connectivity index (χ0v) is 10.8. The molecule has 0 aromatic heterocycles. The van der Waals surface area contributed by atoms with Gasteiger partial charge in [-0.25, -0.2) is 0 Å². The SMILES string of the molecule is CCCCNC(=O)C(C)N(CC(N)=O)CC(=O)O. The van der Waals surface area contributed by atoms with E-state index in [-0.39, 0.29) is 12.5 Å². The predicted molar refractivity (Wildman–Crippen MR) is 65.8 cm³/mol. The molecule has 104 valence electrons. The fraction of sp³-hybridized carbons (Fsp3) is 0.727. The molecule has 0 aromatic carbocycles. The smallest absolute Gasteiger partial charge is 0.317 e. The largest absolute Gasteiger partial charge is 0.480 e. The first kappa shape index (κ1) is 16.4. The maximum Gasteiger partial charge on any atom is 0.317 e. The maximum absolute atomic E-state index is 11.7. The molecule has 4 N–H and O–H groups in total. The van der Waals surface area contributed by atoms with Gasteiger partial charge in [0.2, 0.25) is 11.8 Å². The lowest BCUT2D eigenvalue weighted by atomic mass is 10.2. The van der Waals surface area contributed by atoms with E-state index in [4.69, 9.17) is 10.8 Å². The molecule has 0 radical (unpaired) electrons. The van der Waals surface area contributed by atoms with Gasteiger partial charge in [-0.3, -0.25) is 19.3 Å². The Morgan fingerprint density at radius 1 is 1.33 bits per heavy atom. The van der Waals surface area contributed by atoms with Crippen molar-refractivity contribution in [3.05, 3.63) is 0 Å². The third kappa shape index (κ3) is 6.85. The van der Waals surface area contributed by atoms with Gasteiger partial charge in [0.1, 0.15) is 0 Å². The molecule has 0 aliphatic carbocycles. The number of nitrogens with zero attached hydrogens (tertiary/aromatic N) is 1. The van der Waals surface area contributed by atoms with Crippen LogP contribution < -0.4 is 11.1 Å². The number of nitrogens with one attached hydrogen (secondary N) is 1. The Morgan fingerprint density at radius 3 is 2.39 bits per heavy atom. The van der Waals surface area contributed by atoms with Crippen LogP contribution in [0, 0.1) is 0 Å². The van der Waals surface area contributed by atoms with E-state index in [9.17, 15) is 14.4 Å². The molecule has 2 amide bonds. The Balaban J connectivity index is 4.42. The van der Waals surface area contributed by atoms with Crippen LogP contribution in [-0.4, -0.2) is 53.5 Å². The highest BCUT2D eigenvalue weighted by molar-refractivity contribution is 5.84. The summed E-state index contributed by atoms with van der Waals surface area (Å²) in [5.74, 6) is -2.07. The number of carboxylic acids is 1. The molecule has 0 saturated carbocycles. The van der Waals surface area contributed by atoms with Crippen LogP contribution in [0.1, 0.15) is 26.7 Å². The molecule has 0 aliphatic heterocycles. The second kappa shape index (κ2) is 8.46. The molecule has 0 bridgehead atoms. The number of hydrogen-bond acceptors (Lipinski definition) is 4. The molecule has 1 unspecified atom stereocenters. The Kier molecular flexibility index (Phi) is 7.69. The van der Waals surface area contributed by atoms with Crippen molar-refractivity contribution in [2.75, 3.05) is 19.6 Å². The summed E-state index contributed by atoms with van der Waals surface area (Å²) in [4.78, 5) is 34.4. The number of nitrogens with two attached hydrogens (primary N) is 1. The molecule has 0 heterocycles. The lowest BCUT2D eigenvalue weighted by Gasteiger charge is -2.25. The first-order valence-electron chi connectivity index (χ1n) is 5.90. The molecule has 7 nitrogen and oxygen atoms in total. The molecular formula is C11H21N3O4. The summed E-state index contributed by atoms with van der Waals surface area (Å²) in [7, 11) is 0. The topological polar surface area (TPSA) is 113 Å². The van der Waals surface area contributed by atoms with Crippen molar-refractivity contribution in [2.24, 2.45) is 5.73 Å². The Bertz CT molecular complexity index is 291. The summed E-state index contributed by atoms with van der Waals surface area (Å²) in [5, 5.41) is 11.4. The lowest BCUT2D eigenvalue weighted by molar-refractivity contribution is -0.140. The minimum atomic E-state index is -1.11. The molecule has 0 saturated heterocycles. The van der Waals surface area contributed by atoms with Crippen LogP contribution in [-0.2, 0) is 14.4 Å². The molecule has 0 aliphatic rings. The van der Waals surface area contributed by atoms with E-state index in [2.05, 4.69) is 5.32 Å². The quantitative estimate of drug-likeness (QED) is 0.467. The number of carboxylic acid groups (broad SMARTS) is 1. The third-order valence-electron chi connectivity index (χ3n) is 2.45. The number of rotatable bonds is 9. The maximum atomic E-state index is 11.7. The number of carbonyl (C=O) groups excluding carboxylic acids is 2. The van der Waals surface area contributed by atoms with Gasteiger partial charge in [0.05, 0.1) is 19.1 Å². The molecule has 0 fully saturated rings. The van der Waals surface area contributed by atoms with Gasteiger partial charge in [-0.1, -0.05) is 13.3 Å². The number of amides is 2. The van der Waals surface area contributed by atoms with Crippen LogP contribution in [0.2, 0.25) is 0 Å². The second-order valence-corrected chi connectivity index (χ2v) is 4.09. The van der Waals surface area contributed by atoms with E-state index < -0.39 is 24.5 Å². The number of unbranched alkanes of at least 4 members (excludes halogenated alkanes) is 1. The molecular weight excluding hydrogens is 238 g/mol. The van der Waals surface area contributed by atoms with Crippen LogP contribution in [0.25, 0.3) is 0 Å². The molecule has 1 atom stereocenters. The minimum absolute atomic E-state index is 0.255. The Hall–Kier alpha value is -1.63. The number of hydrogen-bond donors (Lipinski definition) is 3. The van der Waals surface area contributed by atoms with E-state index in [1.165, 1.54) is 4.90 Å². The predicted octanol–water partition coefficient (Wildman–Crippen LogP) is -0.837. The zero-order chi connectivity index (χ0) is 14.1. The molecule has 18 heavy (non-hydrogen) atoms. The van der Waals surface area contributed by atoms with Gasteiger partial charge in [0.15, 0.2) is 0 Å². The monoisotopic (exact) mass is 259 g/mol. The van der Waals surface area contributed by atoms with Gasteiger partial charge in [0, 0.05) is 6.54 Å². The Labute approximate surface area is 106 Å². The normalized spacial score (nSPS) is 12.2. The van der Waals surface area contributed by atoms with Crippen LogP contribution >= 0.6 is 0 Å². The lowest BCUT2D eigenvalue weighted by Crippen LogP contribution is -2.50. The summed E-state index contributed by atoms with van der Waals surface area (Å²) in [6.45, 7) is 3.43. The minimum Gasteiger partial charge on any atom is -0.480 e. The van der Waals surface area contributed by atoms with Crippen LogP contribution in [0.3, 0.4) is 0 Å². The Morgan fingerprint density at radius 2 is 1.94 bits per heavy atom. The first-order chi connectivity index (χ1) is 8.38. The van der Waals surface area contributed by atoms with Gasteiger partial charge in [0.25, 0.3) is 0 Å². The van der Waals surface area contributed by atoms with Crippen LogP contribution in [0.15, 0.2) is 0 Å². The van der Waals surface area contributed by atoms with E-state index in [1.807, 2.05) is 6.92 Å². The third-order valence-corrected chi connectivity index (χ3v) is 2.45. The summed E-state index contributed by atoms with van der Waals surface area (Å²) >= 11 is 0. The fourth-order valence-electron chi connectivity index (χ4n) is 1.41. The molecule has 0 spiro atoms. The zero-order valence-electron chi connectivity index (χ0n) is 10.8. The first-order valence-corrected chi connectivity index (χ1v) is 5.90. The highest BCUT2D eigenvalue weighted by Crippen LogP contribution is 1.99. The number of carbonyl (C=O) groups is 3. The molecule has 0 aromatic rings. The van der Waals surface area contributed by atoms with Crippen LogP contribution in [0.5, 0.6) is 0 Å².